The van der Waals surface area contributed by atoms with Gasteiger partial charge < -0.3 is 0 Å². The summed E-state index contributed by atoms with van der Waals surface area (Å²) in [6.45, 7) is 16.1. The molecular weight excluding hydrogens is 309 g/mol. The average Bonchev–Trinajstić information content (AvgIpc) is 2.60. The molecular formula is C21H33F3. The molecule has 3 heteroatoms. The molecule has 1 rings (SSSR count). The van der Waals surface area contributed by atoms with Crippen molar-refractivity contribution in [2.24, 2.45) is 0 Å². The summed E-state index contributed by atoms with van der Waals surface area (Å²) in [5.74, 6) is 5.07. The maximum absolute atomic E-state index is 12.1. The van der Waals surface area contributed by atoms with E-state index < -0.39 is 0 Å². The lowest BCUT2D eigenvalue weighted by Crippen LogP contribution is -1.71. The SMILES string of the molecule is C/C=C(\C)F.CC.CC#CC.CC(C)=CF.Cc1ccc(F)cc1. The van der Waals surface area contributed by atoms with Crippen molar-refractivity contribution in [3.05, 3.63) is 59.5 Å². The predicted molar refractivity (Wildman–Crippen MR) is 103 cm³/mol. The van der Waals surface area contributed by atoms with Gasteiger partial charge in [-0.1, -0.05) is 37.6 Å². The van der Waals surface area contributed by atoms with Crippen LogP contribution < -0.4 is 0 Å². The molecule has 0 saturated carbocycles. The van der Waals surface area contributed by atoms with Crippen LogP contribution in [0.1, 0.15) is 61.0 Å². The topological polar surface area (TPSA) is 0 Å². The highest BCUT2D eigenvalue weighted by Crippen LogP contribution is 1.98. The molecule has 0 atom stereocenters. The highest BCUT2D eigenvalue weighted by Gasteiger charge is 1.83. The molecule has 0 saturated heterocycles. The highest BCUT2D eigenvalue weighted by molar-refractivity contribution is 5.13. The molecule has 0 fully saturated rings. The normalized spacial score (nSPS) is 7.92. The van der Waals surface area contributed by atoms with Crippen molar-refractivity contribution in [2.45, 2.75) is 62.3 Å². The quantitative estimate of drug-likeness (QED) is 0.420. The first-order valence-electron chi connectivity index (χ1n) is 7.82. The summed E-state index contributed by atoms with van der Waals surface area (Å²) >= 11 is 0. The van der Waals surface area contributed by atoms with Crippen molar-refractivity contribution in [3.8, 4) is 11.8 Å². The van der Waals surface area contributed by atoms with Gasteiger partial charge in [0.2, 0.25) is 0 Å². The number of hydrogen-bond acceptors (Lipinski definition) is 0. The average molecular weight is 342 g/mol. The van der Waals surface area contributed by atoms with E-state index in [2.05, 4.69) is 11.8 Å². The Labute approximate surface area is 147 Å². The van der Waals surface area contributed by atoms with Crippen molar-refractivity contribution >= 4 is 0 Å². The van der Waals surface area contributed by atoms with Crippen molar-refractivity contribution in [2.75, 3.05) is 0 Å². The fourth-order valence-corrected chi connectivity index (χ4v) is 0.533. The number of aryl methyl sites for hydroxylation is 1. The van der Waals surface area contributed by atoms with Crippen LogP contribution in [0.4, 0.5) is 13.2 Å². The van der Waals surface area contributed by atoms with Crippen LogP contribution in [0.5, 0.6) is 0 Å². The van der Waals surface area contributed by atoms with E-state index in [0.717, 1.165) is 5.56 Å². The van der Waals surface area contributed by atoms with E-state index in [1.54, 1.807) is 32.9 Å². The second-order valence-corrected chi connectivity index (χ2v) is 4.36. The molecule has 0 heterocycles. The molecule has 0 aliphatic carbocycles. The van der Waals surface area contributed by atoms with Crippen LogP contribution in [0.25, 0.3) is 0 Å². The first kappa shape index (κ1) is 30.0. The van der Waals surface area contributed by atoms with Gasteiger partial charge in [-0.2, -0.15) is 0 Å². The lowest BCUT2D eigenvalue weighted by Gasteiger charge is -1.87. The zero-order valence-electron chi connectivity index (χ0n) is 16.6. The van der Waals surface area contributed by atoms with Crippen LogP contribution in [-0.2, 0) is 0 Å². The maximum Gasteiger partial charge on any atom is 0.123 e. The molecule has 0 unspecified atom stereocenters. The molecule has 0 N–H and O–H groups in total. The van der Waals surface area contributed by atoms with Gasteiger partial charge in [0.05, 0.1) is 12.2 Å². The lowest BCUT2D eigenvalue weighted by atomic mass is 10.2. The van der Waals surface area contributed by atoms with Crippen molar-refractivity contribution in [1.82, 2.24) is 0 Å². The summed E-state index contributed by atoms with van der Waals surface area (Å²) in [7, 11) is 0. The summed E-state index contributed by atoms with van der Waals surface area (Å²) in [6, 6.07) is 6.40. The third-order valence-corrected chi connectivity index (χ3v) is 1.88. The zero-order valence-corrected chi connectivity index (χ0v) is 16.6. The second kappa shape index (κ2) is 26.0. The van der Waals surface area contributed by atoms with E-state index >= 15 is 0 Å². The monoisotopic (exact) mass is 342 g/mol. The Morgan fingerprint density at radius 3 is 1.38 bits per heavy atom. The minimum Gasteiger partial charge on any atom is -0.216 e. The fourth-order valence-electron chi connectivity index (χ4n) is 0.533. The first-order valence-corrected chi connectivity index (χ1v) is 7.82. The molecule has 0 nitrogen and oxygen atoms in total. The summed E-state index contributed by atoms with van der Waals surface area (Å²) in [5, 5.41) is 0. The van der Waals surface area contributed by atoms with Crippen molar-refractivity contribution in [1.29, 1.82) is 0 Å². The van der Waals surface area contributed by atoms with E-state index in [4.69, 9.17) is 0 Å². The Hall–Kier alpha value is -1.95. The summed E-state index contributed by atoms with van der Waals surface area (Å²) in [6.07, 6.45) is 2.00. The number of hydrogen-bond donors (Lipinski definition) is 0. The van der Waals surface area contributed by atoms with E-state index in [0.29, 0.717) is 11.9 Å². The molecule has 24 heavy (non-hydrogen) atoms. The van der Waals surface area contributed by atoms with E-state index in [1.807, 2.05) is 34.6 Å². The molecule has 1 aromatic rings. The molecule has 0 aromatic heterocycles. The fraction of sp³-hybridized carbons (Fsp3) is 0.429. The van der Waals surface area contributed by atoms with Crippen molar-refractivity contribution < 1.29 is 13.2 Å². The van der Waals surface area contributed by atoms with Crippen LogP contribution in [0.15, 0.2) is 48.1 Å². The molecule has 0 radical (unpaired) electrons. The Morgan fingerprint density at radius 1 is 0.958 bits per heavy atom. The predicted octanol–water partition coefficient (Wildman–Crippen LogP) is 7.95. The summed E-state index contributed by atoms with van der Waals surface area (Å²) in [4.78, 5) is 0. The Morgan fingerprint density at radius 2 is 1.25 bits per heavy atom. The number of halogens is 3. The largest absolute Gasteiger partial charge is 0.216 e. The van der Waals surface area contributed by atoms with Crippen LogP contribution >= 0.6 is 0 Å². The third kappa shape index (κ3) is 42.7. The Balaban J connectivity index is -0.000000112. The Kier molecular flexibility index (Phi) is 32.5. The number of allylic oxidation sites excluding steroid dienone is 3. The number of rotatable bonds is 0. The first-order chi connectivity index (χ1) is 11.2. The van der Waals surface area contributed by atoms with Crippen LogP contribution in [-0.4, -0.2) is 0 Å². The molecule has 1 aromatic carbocycles. The minimum absolute atomic E-state index is 0.120. The van der Waals surface area contributed by atoms with Gasteiger partial charge in [0.15, 0.2) is 0 Å². The lowest BCUT2D eigenvalue weighted by molar-refractivity contribution is 0.627. The van der Waals surface area contributed by atoms with Gasteiger partial charge in [0.1, 0.15) is 5.82 Å². The van der Waals surface area contributed by atoms with Gasteiger partial charge in [-0.3, -0.25) is 0 Å². The maximum atomic E-state index is 12.1. The zero-order chi connectivity index (χ0) is 20.0. The molecule has 0 aliphatic heterocycles. The second-order valence-electron chi connectivity index (χ2n) is 4.36. The summed E-state index contributed by atoms with van der Waals surface area (Å²) < 4.78 is 34.3. The van der Waals surface area contributed by atoms with E-state index in [1.165, 1.54) is 25.1 Å². The summed E-state index contributed by atoms with van der Waals surface area (Å²) in [5.41, 5.74) is 1.80. The van der Waals surface area contributed by atoms with Crippen LogP contribution in [0, 0.1) is 24.6 Å². The standard InChI is InChI=1S/C7H7F.2C4H7F.C4H6.C2H6/c1-6-2-4-7(8)5-3-6;1-4(2)3-5;1-3-4(2)5;1-3-4-2;1-2/h2-5H,1H3;2*3H,1-2H3;1-2H3;1-2H3/b;;4-3+;;. The molecule has 0 spiro atoms. The molecule has 0 bridgehead atoms. The van der Waals surface area contributed by atoms with Crippen LogP contribution in [0.2, 0.25) is 0 Å². The highest BCUT2D eigenvalue weighted by atomic mass is 19.1. The van der Waals surface area contributed by atoms with Gasteiger partial charge in [0, 0.05) is 0 Å². The minimum atomic E-state index is -0.171. The van der Waals surface area contributed by atoms with Gasteiger partial charge in [-0.15, -0.1) is 11.8 Å². The van der Waals surface area contributed by atoms with Crippen molar-refractivity contribution in [3.63, 3.8) is 0 Å². The van der Waals surface area contributed by atoms with E-state index in [-0.39, 0.29) is 11.6 Å². The number of benzene rings is 1. The Bertz CT molecular complexity index is 421. The molecule has 0 aliphatic rings. The van der Waals surface area contributed by atoms with Gasteiger partial charge >= 0.3 is 0 Å². The smallest absolute Gasteiger partial charge is 0.123 e. The molecule has 138 valence electrons. The third-order valence-electron chi connectivity index (χ3n) is 1.88. The van der Waals surface area contributed by atoms with E-state index in [9.17, 15) is 13.2 Å². The van der Waals surface area contributed by atoms with Gasteiger partial charge in [0.25, 0.3) is 0 Å². The molecule has 0 amide bonds. The van der Waals surface area contributed by atoms with Gasteiger partial charge in [-0.05, 0) is 66.2 Å². The van der Waals surface area contributed by atoms with Gasteiger partial charge in [-0.25, -0.2) is 13.2 Å². The van der Waals surface area contributed by atoms with Crippen LogP contribution in [0.3, 0.4) is 0 Å².